The summed E-state index contributed by atoms with van der Waals surface area (Å²) in [5.41, 5.74) is 7.41. The predicted octanol–water partition coefficient (Wildman–Crippen LogP) is 2.89. The fraction of sp³-hybridized carbons (Fsp3) is 0.143. The molecule has 4 heteroatoms. The van der Waals surface area contributed by atoms with Crippen molar-refractivity contribution in [3.05, 3.63) is 59.8 Å². The summed E-state index contributed by atoms with van der Waals surface area (Å²) >= 11 is 4.92. The molecule has 0 amide bonds. The summed E-state index contributed by atoms with van der Waals surface area (Å²) in [5, 5.41) is 3.33. The summed E-state index contributed by atoms with van der Waals surface area (Å²) in [7, 11) is 0. The summed E-state index contributed by atoms with van der Waals surface area (Å²) in [5.74, 6) is 0.775. The van der Waals surface area contributed by atoms with Gasteiger partial charge in [0.15, 0.2) is 0 Å². The molecule has 1 atom stereocenters. The number of thiocarbonyl (C=S) groups is 1. The largest absolute Gasteiger partial charge is 0.388 e. The van der Waals surface area contributed by atoms with Gasteiger partial charge < -0.3 is 11.1 Å². The monoisotopic (exact) mass is 257 g/mol. The SMILES string of the molecule is CC(Nc1cccc(C(N)=S)n1)c1ccccc1. The van der Waals surface area contributed by atoms with Crippen molar-refractivity contribution in [3.63, 3.8) is 0 Å². The highest BCUT2D eigenvalue weighted by atomic mass is 32.1. The molecular formula is C14H15N3S. The Hall–Kier alpha value is -1.94. The standard InChI is InChI=1S/C14H15N3S/c1-10(11-6-3-2-4-7-11)16-13-9-5-8-12(17-13)14(15)18/h2-10H,1H3,(H2,15,18)(H,16,17). The number of hydrogen-bond donors (Lipinski definition) is 2. The van der Waals surface area contributed by atoms with E-state index in [1.165, 1.54) is 5.56 Å². The molecule has 1 heterocycles. The Labute approximate surface area is 112 Å². The second kappa shape index (κ2) is 5.60. The topological polar surface area (TPSA) is 50.9 Å². The zero-order valence-electron chi connectivity index (χ0n) is 10.1. The van der Waals surface area contributed by atoms with Gasteiger partial charge in [-0.2, -0.15) is 0 Å². The van der Waals surface area contributed by atoms with E-state index in [2.05, 4.69) is 29.4 Å². The molecule has 2 aromatic rings. The van der Waals surface area contributed by atoms with Crippen LogP contribution in [-0.2, 0) is 0 Å². The Kier molecular flexibility index (Phi) is 3.89. The van der Waals surface area contributed by atoms with E-state index >= 15 is 0 Å². The van der Waals surface area contributed by atoms with Crippen LogP contribution in [0.1, 0.15) is 24.2 Å². The maximum atomic E-state index is 5.57. The average molecular weight is 257 g/mol. The van der Waals surface area contributed by atoms with E-state index in [-0.39, 0.29) is 6.04 Å². The van der Waals surface area contributed by atoms with Crippen LogP contribution >= 0.6 is 12.2 Å². The number of nitrogens with zero attached hydrogens (tertiary/aromatic N) is 1. The lowest BCUT2D eigenvalue weighted by Crippen LogP contribution is -2.14. The number of nitrogens with two attached hydrogens (primary N) is 1. The maximum absolute atomic E-state index is 5.57. The van der Waals surface area contributed by atoms with Gasteiger partial charge in [0.05, 0.1) is 5.69 Å². The number of benzene rings is 1. The molecule has 3 N–H and O–H groups in total. The van der Waals surface area contributed by atoms with Crippen molar-refractivity contribution in [2.75, 3.05) is 5.32 Å². The highest BCUT2D eigenvalue weighted by Gasteiger charge is 2.06. The third-order valence-electron chi connectivity index (χ3n) is 2.67. The number of aromatic nitrogens is 1. The first-order chi connectivity index (χ1) is 8.66. The Bertz CT molecular complexity index is 540. The minimum Gasteiger partial charge on any atom is -0.388 e. The number of nitrogens with one attached hydrogen (secondary N) is 1. The van der Waals surface area contributed by atoms with E-state index in [0.717, 1.165) is 5.82 Å². The van der Waals surface area contributed by atoms with Crippen LogP contribution in [0.5, 0.6) is 0 Å². The second-order valence-corrected chi connectivity index (χ2v) is 4.49. The van der Waals surface area contributed by atoms with E-state index in [0.29, 0.717) is 10.7 Å². The number of hydrogen-bond acceptors (Lipinski definition) is 3. The molecule has 0 aliphatic rings. The predicted molar refractivity (Wildman–Crippen MR) is 78.6 cm³/mol. The normalized spacial score (nSPS) is 11.8. The molecule has 1 aromatic heterocycles. The molecular weight excluding hydrogens is 242 g/mol. The Morgan fingerprint density at radius 1 is 1.17 bits per heavy atom. The van der Waals surface area contributed by atoms with E-state index < -0.39 is 0 Å². The van der Waals surface area contributed by atoms with Crippen molar-refractivity contribution in [2.45, 2.75) is 13.0 Å². The Balaban J connectivity index is 2.14. The molecule has 0 spiro atoms. The number of anilines is 1. The summed E-state index contributed by atoms with van der Waals surface area (Å²) in [6, 6.07) is 16.0. The van der Waals surface area contributed by atoms with E-state index in [1.54, 1.807) is 6.07 Å². The fourth-order valence-electron chi connectivity index (χ4n) is 1.70. The zero-order valence-corrected chi connectivity index (χ0v) is 10.9. The molecule has 3 nitrogen and oxygen atoms in total. The molecule has 0 fully saturated rings. The van der Waals surface area contributed by atoms with E-state index in [4.69, 9.17) is 18.0 Å². The molecule has 92 valence electrons. The van der Waals surface area contributed by atoms with Crippen LogP contribution in [-0.4, -0.2) is 9.97 Å². The lowest BCUT2D eigenvalue weighted by atomic mass is 10.1. The average Bonchev–Trinajstić information content (AvgIpc) is 2.40. The van der Waals surface area contributed by atoms with Gasteiger partial charge in [0.2, 0.25) is 0 Å². The minimum atomic E-state index is 0.181. The summed E-state index contributed by atoms with van der Waals surface area (Å²) in [4.78, 5) is 4.67. The van der Waals surface area contributed by atoms with Crippen LogP contribution in [0.3, 0.4) is 0 Å². The van der Waals surface area contributed by atoms with Crippen molar-refractivity contribution >= 4 is 23.0 Å². The molecule has 0 aliphatic heterocycles. The lowest BCUT2D eigenvalue weighted by molar-refractivity contribution is 0.874. The third-order valence-corrected chi connectivity index (χ3v) is 2.87. The number of rotatable bonds is 4. The molecule has 1 aromatic carbocycles. The van der Waals surface area contributed by atoms with Gasteiger partial charge in [-0.25, -0.2) is 4.98 Å². The molecule has 0 radical (unpaired) electrons. The minimum absolute atomic E-state index is 0.181. The fourth-order valence-corrected chi connectivity index (χ4v) is 1.81. The number of pyridine rings is 1. The van der Waals surface area contributed by atoms with Gasteiger partial charge in [-0.3, -0.25) is 0 Å². The molecule has 2 rings (SSSR count). The summed E-state index contributed by atoms with van der Waals surface area (Å²) < 4.78 is 0. The molecule has 0 saturated carbocycles. The van der Waals surface area contributed by atoms with Crippen molar-refractivity contribution < 1.29 is 0 Å². The zero-order chi connectivity index (χ0) is 13.0. The molecule has 1 unspecified atom stereocenters. The van der Waals surface area contributed by atoms with Gasteiger partial charge in [0, 0.05) is 6.04 Å². The van der Waals surface area contributed by atoms with Gasteiger partial charge in [-0.1, -0.05) is 48.6 Å². The van der Waals surface area contributed by atoms with Crippen molar-refractivity contribution in [2.24, 2.45) is 5.73 Å². The van der Waals surface area contributed by atoms with Crippen LogP contribution in [0.25, 0.3) is 0 Å². The molecule has 0 aliphatic carbocycles. The van der Waals surface area contributed by atoms with E-state index in [9.17, 15) is 0 Å². The summed E-state index contributed by atoms with van der Waals surface area (Å²) in [6.07, 6.45) is 0. The quantitative estimate of drug-likeness (QED) is 0.827. The van der Waals surface area contributed by atoms with Crippen LogP contribution in [0, 0.1) is 0 Å². The van der Waals surface area contributed by atoms with Gasteiger partial charge >= 0.3 is 0 Å². The molecule has 0 saturated heterocycles. The molecule has 0 bridgehead atoms. The van der Waals surface area contributed by atoms with Crippen molar-refractivity contribution in [1.82, 2.24) is 4.98 Å². The second-order valence-electron chi connectivity index (χ2n) is 4.05. The Morgan fingerprint density at radius 3 is 2.56 bits per heavy atom. The van der Waals surface area contributed by atoms with E-state index in [1.807, 2.05) is 30.3 Å². The highest BCUT2D eigenvalue weighted by Crippen LogP contribution is 2.17. The maximum Gasteiger partial charge on any atom is 0.127 e. The third kappa shape index (κ3) is 3.05. The first-order valence-electron chi connectivity index (χ1n) is 5.75. The summed E-state index contributed by atoms with van der Waals surface area (Å²) in [6.45, 7) is 2.09. The van der Waals surface area contributed by atoms with Gasteiger partial charge in [-0.05, 0) is 24.6 Å². The Morgan fingerprint density at radius 2 is 1.89 bits per heavy atom. The first-order valence-corrected chi connectivity index (χ1v) is 6.16. The van der Waals surface area contributed by atoms with Crippen LogP contribution in [0.15, 0.2) is 48.5 Å². The van der Waals surface area contributed by atoms with Crippen LogP contribution in [0.2, 0.25) is 0 Å². The van der Waals surface area contributed by atoms with Crippen molar-refractivity contribution in [3.8, 4) is 0 Å². The van der Waals surface area contributed by atoms with Gasteiger partial charge in [0.1, 0.15) is 10.8 Å². The first kappa shape index (κ1) is 12.5. The van der Waals surface area contributed by atoms with Crippen molar-refractivity contribution in [1.29, 1.82) is 0 Å². The van der Waals surface area contributed by atoms with Gasteiger partial charge in [0.25, 0.3) is 0 Å². The highest BCUT2D eigenvalue weighted by molar-refractivity contribution is 7.80. The lowest BCUT2D eigenvalue weighted by Gasteiger charge is -2.15. The van der Waals surface area contributed by atoms with Gasteiger partial charge in [-0.15, -0.1) is 0 Å². The molecule has 18 heavy (non-hydrogen) atoms. The smallest absolute Gasteiger partial charge is 0.127 e. The van der Waals surface area contributed by atoms with Crippen LogP contribution < -0.4 is 11.1 Å². The van der Waals surface area contributed by atoms with Crippen LogP contribution in [0.4, 0.5) is 5.82 Å².